The molecular formula is C9H14BrNOS. The Kier molecular flexibility index (Phi) is 3.51. The highest BCUT2D eigenvalue weighted by atomic mass is 79.9. The Morgan fingerprint density at radius 3 is 2.62 bits per heavy atom. The van der Waals surface area contributed by atoms with Crippen LogP contribution in [0.5, 0.6) is 0 Å². The molecule has 1 heterocycles. The fourth-order valence-corrected chi connectivity index (χ4v) is 3.30. The fraction of sp³-hybridized carbons (Fsp3) is 0.556. The van der Waals surface area contributed by atoms with E-state index < -0.39 is 0 Å². The van der Waals surface area contributed by atoms with Gasteiger partial charge in [-0.2, -0.15) is 0 Å². The first-order chi connectivity index (χ1) is 5.99. The maximum Gasteiger partial charge on any atom is 0.0778 e. The zero-order valence-electron chi connectivity index (χ0n) is 8.06. The quantitative estimate of drug-likeness (QED) is 0.852. The lowest BCUT2D eigenvalue weighted by molar-refractivity contribution is 0.0974. The Balaban J connectivity index is 2.99. The third kappa shape index (κ3) is 2.31. The van der Waals surface area contributed by atoms with E-state index in [1.807, 2.05) is 0 Å². The number of hydrogen-bond donors (Lipinski definition) is 1. The highest BCUT2D eigenvalue weighted by Crippen LogP contribution is 2.37. The average Bonchev–Trinajstić information content (AvgIpc) is 2.33. The lowest BCUT2D eigenvalue weighted by atomic mass is 9.92. The van der Waals surface area contributed by atoms with Gasteiger partial charge in [-0.15, -0.1) is 11.3 Å². The summed E-state index contributed by atoms with van der Waals surface area (Å²) in [6, 6.07) is 0. The average molecular weight is 264 g/mol. The fourth-order valence-electron chi connectivity index (χ4n) is 1.16. The van der Waals surface area contributed by atoms with Crippen LogP contribution in [0.4, 0.5) is 0 Å². The molecule has 0 aliphatic heterocycles. The maximum atomic E-state index is 5.10. The van der Waals surface area contributed by atoms with Crippen LogP contribution in [0.3, 0.4) is 0 Å². The lowest BCUT2D eigenvalue weighted by Gasteiger charge is -2.22. The maximum absolute atomic E-state index is 5.10. The number of rotatable bonds is 3. The van der Waals surface area contributed by atoms with E-state index in [9.17, 15) is 0 Å². The molecule has 0 saturated heterocycles. The van der Waals surface area contributed by atoms with Crippen LogP contribution in [-0.4, -0.2) is 6.61 Å². The van der Waals surface area contributed by atoms with E-state index in [1.165, 1.54) is 14.9 Å². The second kappa shape index (κ2) is 4.09. The third-order valence-electron chi connectivity index (χ3n) is 1.96. The molecule has 0 amide bonds. The van der Waals surface area contributed by atoms with Gasteiger partial charge in [-0.3, -0.25) is 0 Å². The van der Waals surface area contributed by atoms with Gasteiger partial charge in [0.2, 0.25) is 0 Å². The molecule has 2 N–H and O–H groups in total. The summed E-state index contributed by atoms with van der Waals surface area (Å²) in [6.07, 6.45) is 0. The van der Waals surface area contributed by atoms with Gasteiger partial charge in [0.15, 0.2) is 0 Å². The summed E-state index contributed by atoms with van der Waals surface area (Å²) in [5.74, 6) is 5.10. The smallest absolute Gasteiger partial charge is 0.0778 e. The molecule has 0 fully saturated rings. The van der Waals surface area contributed by atoms with Gasteiger partial charge >= 0.3 is 0 Å². The van der Waals surface area contributed by atoms with Gasteiger partial charge in [0, 0.05) is 14.8 Å². The molecule has 13 heavy (non-hydrogen) atoms. The van der Waals surface area contributed by atoms with Gasteiger partial charge in [-0.05, 0) is 33.8 Å². The summed E-state index contributed by atoms with van der Waals surface area (Å²) in [5, 5.41) is 2.14. The van der Waals surface area contributed by atoms with E-state index in [4.69, 9.17) is 10.7 Å². The number of thiophene rings is 1. The third-order valence-corrected chi connectivity index (χ3v) is 4.71. The van der Waals surface area contributed by atoms with Crippen molar-refractivity contribution < 1.29 is 4.84 Å². The number of hydrogen-bond acceptors (Lipinski definition) is 3. The summed E-state index contributed by atoms with van der Waals surface area (Å²) < 4.78 is 1.18. The van der Waals surface area contributed by atoms with Crippen molar-refractivity contribution in [1.82, 2.24) is 0 Å². The van der Waals surface area contributed by atoms with Crippen LogP contribution in [0.25, 0.3) is 0 Å². The molecule has 0 aliphatic rings. The largest absolute Gasteiger partial charge is 0.304 e. The van der Waals surface area contributed by atoms with Crippen molar-refractivity contribution in [1.29, 1.82) is 0 Å². The predicted octanol–water partition coefficient (Wildman–Crippen LogP) is 2.99. The van der Waals surface area contributed by atoms with Crippen LogP contribution >= 0.6 is 27.3 Å². The first kappa shape index (κ1) is 11.2. The number of halogens is 1. The Morgan fingerprint density at radius 1 is 1.62 bits per heavy atom. The minimum Gasteiger partial charge on any atom is -0.304 e. The summed E-state index contributed by atoms with van der Waals surface area (Å²) >= 11 is 5.31. The van der Waals surface area contributed by atoms with E-state index >= 15 is 0 Å². The van der Waals surface area contributed by atoms with Crippen molar-refractivity contribution in [2.75, 3.05) is 6.61 Å². The molecule has 1 rings (SSSR count). The van der Waals surface area contributed by atoms with E-state index in [-0.39, 0.29) is 5.41 Å². The second-order valence-electron chi connectivity index (χ2n) is 3.76. The van der Waals surface area contributed by atoms with Gasteiger partial charge < -0.3 is 4.84 Å². The summed E-state index contributed by atoms with van der Waals surface area (Å²) in [7, 11) is 0. The Hall–Kier alpha value is 0.100. The van der Waals surface area contributed by atoms with Crippen LogP contribution in [0.1, 0.15) is 24.3 Å². The Morgan fingerprint density at radius 2 is 2.23 bits per heavy atom. The molecule has 4 heteroatoms. The van der Waals surface area contributed by atoms with Gasteiger partial charge in [0.25, 0.3) is 0 Å². The molecule has 74 valence electrons. The Labute approximate surface area is 91.2 Å². The first-order valence-electron chi connectivity index (χ1n) is 4.05. The van der Waals surface area contributed by atoms with Crippen LogP contribution in [0.15, 0.2) is 9.85 Å². The SMILES string of the molecule is Cc1csc(C(C)(C)CON)c1Br. The molecule has 0 aromatic carbocycles. The first-order valence-corrected chi connectivity index (χ1v) is 5.72. The molecule has 1 aromatic heterocycles. The molecule has 0 unspecified atom stereocenters. The monoisotopic (exact) mass is 263 g/mol. The predicted molar refractivity (Wildman–Crippen MR) is 59.9 cm³/mol. The van der Waals surface area contributed by atoms with E-state index in [1.54, 1.807) is 11.3 Å². The van der Waals surface area contributed by atoms with Crippen molar-refractivity contribution in [2.45, 2.75) is 26.2 Å². The van der Waals surface area contributed by atoms with Crippen LogP contribution in [0.2, 0.25) is 0 Å². The van der Waals surface area contributed by atoms with Crippen molar-refractivity contribution in [3.05, 3.63) is 20.3 Å². The minimum absolute atomic E-state index is 0.0213. The van der Waals surface area contributed by atoms with Crippen LogP contribution in [-0.2, 0) is 10.3 Å². The van der Waals surface area contributed by atoms with Crippen molar-refractivity contribution >= 4 is 27.3 Å². The van der Waals surface area contributed by atoms with Crippen molar-refractivity contribution in [3.8, 4) is 0 Å². The molecule has 0 bridgehead atoms. The normalized spacial score (nSPS) is 12.1. The minimum atomic E-state index is -0.0213. The number of nitrogens with two attached hydrogens (primary N) is 1. The molecule has 2 nitrogen and oxygen atoms in total. The lowest BCUT2D eigenvalue weighted by Crippen LogP contribution is -2.25. The van der Waals surface area contributed by atoms with Crippen molar-refractivity contribution in [3.63, 3.8) is 0 Å². The highest BCUT2D eigenvalue weighted by molar-refractivity contribution is 9.10. The van der Waals surface area contributed by atoms with Gasteiger partial charge in [0.1, 0.15) is 0 Å². The number of aryl methyl sites for hydroxylation is 1. The molecule has 0 aliphatic carbocycles. The van der Waals surface area contributed by atoms with Crippen LogP contribution in [0, 0.1) is 6.92 Å². The summed E-state index contributed by atoms with van der Waals surface area (Å²) in [6.45, 7) is 6.86. The topological polar surface area (TPSA) is 35.2 Å². The zero-order chi connectivity index (χ0) is 10.1. The Bertz CT molecular complexity index is 296. The molecule has 0 radical (unpaired) electrons. The second-order valence-corrected chi connectivity index (χ2v) is 5.43. The van der Waals surface area contributed by atoms with E-state index in [2.05, 4.69) is 42.1 Å². The van der Waals surface area contributed by atoms with Gasteiger partial charge in [-0.1, -0.05) is 13.8 Å². The zero-order valence-corrected chi connectivity index (χ0v) is 10.5. The molecule has 1 aromatic rings. The highest BCUT2D eigenvalue weighted by Gasteiger charge is 2.25. The molecular weight excluding hydrogens is 250 g/mol. The molecule has 0 atom stereocenters. The molecule has 0 spiro atoms. The summed E-state index contributed by atoms with van der Waals surface area (Å²) in [5.41, 5.74) is 1.25. The molecule has 0 saturated carbocycles. The van der Waals surface area contributed by atoms with E-state index in [0.717, 1.165) is 0 Å². The van der Waals surface area contributed by atoms with Crippen LogP contribution < -0.4 is 5.90 Å². The standard InChI is InChI=1S/C9H14BrNOS/c1-6-4-13-8(7(6)10)9(2,3)5-12-11/h4H,5,11H2,1-3H3. The van der Waals surface area contributed by atoms with E-state index in [0.29, 0.717) is 6.61 Å². The summed E-state index contributed by atoms with van der Waals surface area (Å²) in [4.78, 5) is 6.00. The van der Waals surface area contributed by atoms with Gasteiger partial charge in [-0.25, -0.2) is 5.90 Å². The van der Waals surface area contributed by atoms with Crippen molar-refractivity contribution in [2.24, 2.45) is 5.90 Å². The van der Waals surface area contributed by atoms with Gasteiger partial charge in [0.05, 0.1) is 6.61 Å².